The SMILES string of the molecule is CC(CC(=O)N1C2CCC1CC(O)C2)C1CCCNC1.Cl. The molecule has 1 amide bonds. The monoisotopic (exact) mass is 316 g/mol. The molecule has 0 aromatic heterocycles. The number of hydrogen-bond donors (Lipinski definition) is 2. The highest BCUT2D eigenvalue weighted by Crippen LogP contribution is 2.37. The number of nitrogens with zero attached hydrogens (tertiary/aromatic N) is 1. The molecule has 21 heavy (non-hydrogen) atoms. The molecule has 0 aromatic rings. The van der Waals surface area contributed by atoms with E-state index in [0.717, 1.165) is 38.8 Å². The van der Waals surface area contributed by atoms with E-state index in [1.165, 1.54) is 12.8 Å². The third kappa shape index (κ3) is 3.72. The standard InChI is InChI=1S/C16H28N2O2.ClH/c1-11(12-3-2-6-17-10-12)7-16(20)18-13-4-5-14(18)9-15(19)8-13;/h11-15,17,19H,2-10H2,1H3;1H. The molecular weight excluding hydrogens is 288 g/mol. The summed E-state index contributed by atoms with van der Waals surface area (Å²) in [5.41, 5.74) is 0. The summed E-state index contributed by atoms with van der Waals surface area (Å²) in [6, 6.07) is 0.626. The normalized spacial score (nSPS) is 37.0. The van der Waals surface area contributed by atoms with Gasteiger partial charge in [0.05, 0.1) is 6.10 Å². The van der Waals surface area contributed by atoms with Crippen LogP contribution in [0.2, 0.25) is 0 Å². The highest BCUT2D eigenvalue weighted by molar-refractivity contribution is 5.85. The first kappa shape index (κ1) is 17.0. The Hall–Kier alpha value is -0.320. The van der Waals surface area contributed by atoms with E-state index >= 15 is 0 Å². The Morgan fingerprint density at radius 3 is 2.52 bits per heavy atom. The van der Waals surface area contributed by atoms with Gasteiger partial charge in [0.25, 0.3) is 0 Å². The van der Waals surface area contributed by atoms with Crippen molar-refractivity contribution in [2.24, 2.45) is 11.8 Å². The number of piperidine rings is 2. The summed E-state index contributed by atoms with van der Waals surface area (Å²) in [4.78, 5) is 14.8. The van der Waals surface area contributed by atoms with Crippen LogP contribution in [0.5, 0.6) is 0 Å². The number of carbonyl (C=O) groups excluding carboxylic acids is 1. The highest BCUT2D eigenvalue weighted by Gasteiger charge is 2.42. The third-order valence-corrected chi connectivity index (χ3v) is 5.63. The number of carbonyl (C=O) groups is 1. The average Bonchev–Trinajstić information content (AvgIpc) is 2.72. The molecule has 0 spiro atoms. The fourth-order valence-electron chi connectivity index (χ4n) is 4.47. The van der Waals surface area contributed by atoms with Crippen molar-refractivity contribution in [3.05, 3.63) is 0 Å². The van der Waals surface area contributed by atoms with E-state index in [1.54, 1.807) is 0 Å². The van der Waals surface area contributed by atoms with Crippen LogP contribution in [0.15, 0.2) is 0 Å². The Kier molecular flexibility index (Phi) is 5.92. The van der Waals surface area contributed by atoms with Gasteiger partial charge in [-0.3, -0.25) is 4.79 Å². The quantitative estimate of drug-likeness (QED) is 0.837. The van der Waals surface area contributed by atoms with Gasteiger partial charge >= 0.3 is 0 Å². The summed E-state index contributed by atoms with van der Waals surface area (Å²) in [6.07, 6.45) is 6.77. The van der Waals surface area contributed by atoms with Gasteiger partial charge in [-0.15, -0.1) is 12.4 Å². The number of aliphatic hydroxyl groups excluding tert-OH is 1. The molecule has 5 heteroatoms. The van der Waals surface area contributed by atoms with Gasteiger partial charge in [0.2, 0.25) is 5.91 Å². The molecule has 0 radical (unpaired) electrons. The van der Waals surface area contributed by atoms with Crippen LogP contribution in [0.25, 0.3) is 0 Å². The summed E-state index contributed by atoms with van der Waals surface area (Å²) in [5.74, 6) is 1.46. The van der Waals surface area contributed by atoms with Gasteiger partial charge in [-0.2, -0.15) is 0 Å². The third-order valence-electron chi connectivity index (χ3n) is 5.63. The maximum absolute atomic E-state index is 12.6. The molecule has 0 aromatic carbocycles. The maximum Gasteiger partial charge on any atom is 0.223 e. The number of amides is 1. The molecule has 4 atom stereocenters. The fraction of sp³-hybridized carbons (Fsp3) is 0.938. The van der Waals surface area contributed by atoms with Crippen molar-refractivity contribution >= 4 is 18.3 Å². The van der Waals surface area contributed by atoms with Crippen LogP contribution < -0.4 is 5.32 Å². The zero-order valence-electron chi connectivity index (χ0n) is 13.0. The van der Waals surface area contributed by atoms with Crippen molar-refractivity contribution in [2.45, 2.75) is 70.1 Å². The topological polar surface area (TPSA) is 52.6 Å². The first-order chi connectivity index (χ1) is 9.65. The molecule has 3 rings (SSSR count). The number of halogens is 1. The van der Waals surface area contributed by atoms with E-state index < -0.39 is 0 Å². The van der Waals surface area contributed by atoms with Crippen molar-refractivity contribution in [1.29, 1.82) is 0 Å². The second kappa shape index (κ2) is 7.30. The maximum atomic E-state index is 12.6. The van der Waals surface area contributed by atoms with Crippen LogP contribution in [0.1, 0.15) is 51.9 Å². The number of hydrogen-bond acceptors (Lipinski definition) is 3. The molecular formula is C16H29ClN2O2. The van der Waals surface area contributed by atoms with Crippen molar-refractivity contribution in [3.63, 3.8) is 0 Å². The minimum Gasteiger partial charge on any atom is -0.393 e. The zero-order chi connectivity index (χ0) is 14.1. The van der Waals surface area contributed by atoms with Gasteiger partial charge in [-0.1, -0.05) is 6.92 Å². The van der Waals surface area contributed by atoms with Crippen LogP contribution in [-0.4, -0.2) is 47.2 Å². The summed E-state index contributed by atoms with van der Waals surface area (Å²) >= 11 is 0. The van der Waals surface area contributed by atoms with Crippen LogP contribution in [-0.2, 0) is 4.79 Å². The lowest BCUT2D eigenvalue weighted by molar-refractivity contribution is -0.138. The summed E-state index contributed by atoms with van der Waals surface area (Å²) in [5, 5.41) is 13.3. The van der Waals surface area contributed by atoms with Crippen LogP contribution in [0.4, 0.5) is 0 Å². The summed E-state index contributed by atoms with van der Waals surface area (Å²) < 4.78 is 0. The molecule has 4 unspecified atom stereocenters. The van der Waals surface area contributed by atoms with Crippen molar-refractivity contribution in [3.8, 4) is 0 Å². The Morgan fingerprint density at radius 2 is 1.95 bits per heavy atom. The Labute approximate surface area is 134 Å². The van der Waals surface area contributed by atoms with Gasteiger partial charge in [0.15, 0.2) is 0 Å². The number of nitrogens with one attached hydrogen (secondary N) is 1. The van der Waals surface area contributed by atoms with Crippen LogP contribution in [0, 0.1) is 11.8 Å². The van der Waals surface area contributed by atoms with E-state index in [1.807, 2.05) is 0 Å². The highest BCUT2D eigenvalue weighted by atomic mass is 35.5. The molecule has 3 fully saturated rings. The van der Waals surface area contributed by atoms with Crippen LogP contribution >= 0.6 is 12.4 Å². The van der Waals surface area contributed by atoms with E-state index in [-0.39, 0.29) is 18.5 Å². The Balaban J connectivity index is 0.00000161. The molecule has 3 saturated heterocycles. The first-order valence-electron chi connectivity index (χ1n) is 8.35. The summed E-state index contributed by atoms with van der Waals surface area (Å²) in [7, 11) is 0. The first-order valence-corrected chi connectivity index (χ1v) is 8.35. The predicted molar refractivity (Wildman–Crippen MR) is 85.5 cm³/mol. The molecule has 2 N–H and O–H groups in total. The van der Waals surface area contributed by atoms with Gasteiger partial charge in [0.1, 0.15) is 0 Å². The number of rotatable bonds is 3. The van der Waals surface area contributed by atoms with Gasteiger partial charge in [-0.25, -0.2) is 0 Å². The molecule has 3 aliphatic rings. The molecule has 0 saturated carbocycles. The van der Waals surface area contributed by atoms with E-state index in [9.17, 15) is 9.90 Å². The minimum atomic E-state index is -0.184. The zero-order valence-corrected chi connectivity index (χ0v) is 13.8. The number of fused-ring (bicyclic) bond motifs is 2. The fourth-order valence-corrected chi connectivity index (χ4v) is 4.47. The van der Waals surface area contributed by atoms with E-state index in [2.05, 4.69) is 17.1 Å². The molecule has 4 nitrogen and oxygen atoms in total. The largest absolute Gasteiger partial charge is 0.393 e. The van der Waals surface area contributed by atoms with Gasteiger partial charge in [-0.05, 0) is 63.5 Å². The Bertz CT molecular complexity index is 346. The molecule has 2 bridgehead atoms. The minimum absolute atomic E-state index is 0. The molecule has 122 valence electrons. The molecule has 3 heterocycles. The average molecular weight is 317 g/mol. The van der Waals surface area contributed by atoms with Crippen molar-refractivity contribution in [2.75, 3.05) is 13.1 Å². The van der Waals surface area contributed by atoms with Gasteiger partial charge in [0, 0.05) is 18.5 Å². The second-order valence-corrected chi connectivity index (χ2v) is 7.10. The van der Waals surface area contributed by atoms with Crippen molar-refractivity contribution < 1.29 is 9.90 Å². The van der Waals surface area contributed by atoms with Crippen molar-refractivity contribution in [1.82, 2.24) is 10.2 Å². The predicted octanol–water partition coefficient (Wildman–Crippen LogP) is 1.95. The van der Waals surface area contributed by atoms with E-state index in [4.69, 9.17) is 0 Å². The Morgan fingerprint density at radius 1 is 1.29 bits per heavy atom. The van der Waals surface area contributed by atoms with E-state index in [0.29, 0.717) is 36.2 Å². The molecule has 0 aliphatic carbocycles. The second-order valence-electron chi connectivity index (χ2n) is 7.10. The van der Waals surface area contributed by atoms with Crippen LogP contribution in [0.3, 0.4) is 0 Å². The lowest BCUT2D eigenvalue weighted by Gasteiger charge is -2.38. The lowest BCUT2D eigenvalue weighted by atomic mass is 9.85. The molecule has 3 aliphatic heterocycles. The van der Waals surface area contributed by atoms with Gasteiger partial charge < -0.3 is 15.3 Å². The summed E-state index contributed by atoms with van der Waals surface area (Å²) in [6.45, 7) is 4.43. The number of aliphatic hydroxyl groups is 1. The smallest absolute Gasteiger partial charge is 0.223 e. The lowest BCUT2D eigenvalue weighted by Crippen LogP contribution is -2.48.